The number of rotatable bonds is 10. The van der Waals surface area contributed by atoms with Crippen LogP contribution in [0, 0.1) is 3.57 Å². The largest absolute Gasteiger partial charge is 0.490 e. The first-order chi connectivity index (χ1) is 17.9. The van der Waals surface area contributed by atoms with Gasteiger partial charge in [-0.25, -0.2) is 0 Å². The molecule has 1 saturated heterocycles. The minimum atomic E-state index is -0.371. The van der Waals surface area contributed by atoms with Crippen LogP contribution in [0.25, 0.3) is 6.08 Å². The first kappa shape index (κ1) is 27.6. The predicted octanol–water partition coefficient (Wildman–Crippen LogP) is 7.69. The van der Waals surface area contributed by atoms with Crippen LogP contribution in [0.3, 0.4) is 0 Å². The summed E-state index contributed by atoms with van der Waals surface area (Å²) in [5, 5.41) is 0.744. The summed E-state index contributed by atoms with van der Waals surface area (Å²) in [6.07, 6.45) is 1.68. The molecule has 0 aromatic heterocycles. The van der Waals surface area contributed by atoms with Crippen LogP contribution in [0.4, 0.5) is 4.79 Å². The van der Waals surface area contributed by atoms with Gasteiger partial charge in [-0.2, -0.15) is 0 Å². The number of imide groups is 1. The number of hydrogen-bond donors (Lipinski definition) is 0. The predicted molar refractivity (Wildman–Crippen MR) is 156 cm³/mol. The van der Waals surface area contributed by atoms with Crippen molar-refractivity contribution in [2.75, 3.05) is 19.8 Å². The second-order valence-corrected chi connectivity index (χ2v) is 10.7. The highest BCUT2D eigenvalue weighted by Crippen LogP contribution is 2.38. The van der Waals surface area contributed by atoms with E-state index >= 15 is 0 Å². The Morgan fingerprint density at radius 3 is 2.41 bits per heavy atom. The van der Waals surface area contributed by atoms with Gasteiger partial charge in [-0.3, -0.25) is 14.5 Å². The highest BCUT2D eigenvalue weighted by atomic mass is 127. The molecule has 37 heavy (non-hydrogen) atoms. The van der Waals surface area contributed by atoms with E-state index in [0.29, 0.717) is 38.8 Å². The van der Waals surface area contributed by atoms with Gasteiger partial charge in [0.15, 0.2) is 11.5 Å². The minimum Gasteiger partial charge on any atom is -0.490 e. The number of amides is 2. The Kier molecular flexibility index (Phi) is 9.64. The monoisotopic (exact) mass is 669 g/mol. The van der Waals surface area contributed by atoms with Crippen LogP contribution in [0.2, 0.25) is 10.0 Å². The zero-order valence-corrected chi connectivity index (χ0v) is 24.2. The Hall–Kier alpha value is -2.40. The molecule has 0 saturated carbocycles. The SMILES string of the molecule is CCOc1cc(/C=C2\SC(=O)N(CCOc3ccccc3Cl)C2=O)cc(I)c1OCc1ccccc1Cl. The Bertz CT molecular complexity index is 1350. The van der Waals surface area contributed by atoms with Crippen molar-refractivity contribution in [3.05, 3.63) is 90.3 Å². The van der Waals surface area contributed by atoms with E-state index in [9.17, 15) is 9.59 Å². The third-order valence-corrected chi connectivity index (χ3v) is 7.63. The van der Waals surface area contributed by atoms with Crippen LogP contribution < -0.4 is 14.2 Å². The van der Waals surface area contributed by atoms with E-state index in [0.717, 1.165) is 26.5 Å². The van der Waals surface area contributed by atoms with Crippen LogP contribution >= 0.6 is 57.6 Å². The quantitative estimate of drug-likeness (QED) is 0.163. The standard InChI is InChI=1S/C27H22Cl2INO5S/c1-2-34-23-14-17(13-21(30)25(23)36-16-18-7-3-4-8-19(18)28)15-24-26(32)31(27(33)37-24)11-12-35-22-10-6-5-9-20(22)29/h3-10,13-15H,2,11-12,16H2,1H3/b24-15-. The zero-order valence-electron chi connectivity index (χ0n) is 19.7. The second kappa shape index (κ2) is 12.9. The fourth-order valence-corrected chi connectivity index (χ4v) is 5.52. The summed E-state index contributed by atoms with van der Waals surface area (Å²) in [6.45, 7) is 2.85. The average molecular weight is 670 g/mol. The van der Waals surface area contributed by atoms with Gasteiger partial charge in [0.1, 0.15) is 19.0 Å². The van der Waals surface area contributed by atoms with Crippen molar-refractivity contribution < 1.29 is 23.8 Å². The van der Waals surface area contributed by atoms with Crippen LogP contribution in [-0.2, 0) is 11.4 Å². The number of carbonyl (C=O) groups excluding carboxylic acids is 2. The molecule has 192 valence electrons. The maximum absolute atomic E-state index is 12.9. The highest BCUT2D eigenvalue weighted by molar-refractivity contribution is 14.1. The van der Waals surface area contributed by atoms with E-state index in [-0.39, 0.29) is 30.9 Å². The molecule has 10 heteroatoms. The molecule has 0 radical (unpaired) electrons. The highest BCUT2D eigenvalue weighted by Gasteiger charge is 2.35. The second-order valence-electron chi connectivity index (χ2n) is 7.76. The van der Waals surface area contributed by atoms with E-state index in [2.05, 4.69) is 22.6 Å². The summed E-state index contributed by atoms with van der Waals surface area (Å²) < 4.78 is 18.3. The summed E-state index contributed by atoms with van der Waals surface area (Å²) >= 11 is 15.4. The number of nitrogens with zero attached hydrogens (tertiary/aromatic N) is 1. The number of hydrogen-bond acceptors (Lipinski definition) is 6. The molecule has 1 aliphatic rings. The van der Waals surface area contributed by atoms with Gasteiger partial charge in [-0.1, -0.05) is 53.5 Å². The molecule has 1 fully saturated rings. The van der Waals surface area contributed by atoms with Crippen LogP contribution in [-0.4, -0.2) is 35.8 Å². The first-order valence-electron chi connectivity index (χ1n) is 11.3. The van der Waals surface area contributed by atoms with Gasteiger partial charge < -0.3 is 14.2 Å². The molecule has 0 aliphatic carbocycles. The Labute approximate surface area is 243 Å². The molecule has 1 aliphatic heterocycles. The normalized spacial score (nSPS) is 14.4. The molecule has 0 spiro atoms. The molecule has 1 heterocycles. The van der Waals surface area contributed by atoms with Gasteiger partial charge in [0.2, 0.25) is 0 Å². The van der Waals surface area contributed by atoms with Crippen molar-refractivity contribution in [1.82, 2.24) is 4.90 Å². The maximum Gasteiger partial charge on any atom is 0.293 e. The Morgan fingerprint density at radius 1 is 0.946 bits per heavy atom. The number of carbonyl (C=O) groups is 2. The summed E-state index contributed by atoms with van der Waals surface area (Å²) in [7, 11) is 0. The summed E-state index contributed by atoms with van der Waals surface area (Å²) in [5.74, 6) is 1.26. The minimum absolute atomic E-state index is 0.115. The summed E-state index contributed by atoms with van der Waals surface area (Å²) in [5.41, 5.74) is 1.58. The average Bonchev–Trinajstić information content (AvgIpc) is 3.13. The van der Waals surface area contributed by atoms with E-state index in [1.54, 1.807) is 36.4 Å². The molecule has 3 aromatic carbocycles. The molecule has 0 bridgehead atoms. The van der Waals surface area contributed by atoms with Gasteiger partial charge in [0, 0.05) is 10.6 Å². The van der Waals surface area contributed by atoms with Crippen molar-refractivity contribution in [2.24, 2.45) is 0 Å². The van der Waals surface area contributed by atoms with E-state index < -0.39 is 0 Å². The van der Waals surface area contributed by atoms with Crippen LogP contribution in [0.5, 0.6) is 17.2 Å². The smallest absolute Gasteiger partial charge is 0.293 e. The molecule has 0 atom stereocenters. The molecule has 3 aromatic rings. The molecule has 4 rings (SSSR count). The molecule has 2 amide bonds. The molecular weight excluding hydrogens is 648 g/mol. The maximum atomic E-state index is 12.9. The van der Waals surface area contributed by atoms with Crippen molar-refractivity contribution in [2.45, 2.75) is 13.5 Å². The third kappa shape index (κ3) is 6.93. The van der Waals surface area contributed by atoms with Crippen molar-refractivity contribution in [3.63, 3.8) is 0 Å². The lowest BCUT2D eigenvalue weighted by Gasteiger charge is -2.15. The Morgan fingerprint density at radius 2 is 1.68 bits per heavy atom. The van der Waals surface area contributed by atoms with Gasteiger partial charge in [0.05, 0.1) is 26.6 Å². The molecule has 0 unspecified atom stereocenters. The van der Waals surface area contributed by atoms with Gasteiger partial charge in [0.25, 0.3) is 11.1 Å². The zero-order chi connectivity index (χ0) is 26.4. The van der Waals surface area contributed by atoms with Crippen molar-refractivity contribution in [3.8, 4) is 17.2 Å². The number of ether oxygens (including phenoxy) is 3. The van der Waals surface area contributed by atoms with E-state index in [1.165, 1.54) is 4.90 Å². The molecule has 0 N–H and O–H groups in total. The van der Waals surface area contributed by atoms with Gasteiger partial charge in [-0.05, 0) is 83.2 Å². The third-order valence-electron chi connectivity index (χ3n) is 5.24. The summed E-state index contributed by atoms with van der Waals surface area (Å²) in [6, 6.07) is 18.2. The van der Waals surface area contributed by atoms with Crippen LogP contribution in [0.1, 0.15) is 18.1 Å². The van der Waals surface area contributed by atoms with Crippen molar-refractivity contribution in [1.29, 1.82) is 0 Å². The van der Waals surface area contributed by atoms with Crippen LogP contribution in [0.15, 0.2) is 65.6 Å². The number of para-hydroxylation sites is 1. The van der Waals surface area contributed by atoms with E-state index in [1.807, 2.05) is 37.3 Å². The number of halogens is 3. The van der Waals surface area contributed by atoms with Gasteiger partial charge >= 0.3 is 0 Å². The molecule has 6 nitrogen and oxygen atoms in total. The lowest BCUT2D eigenvalue weighted by Crippen LogP contribution is -2.32. The Balaban J connectivity index is 1.47. The fraction of sp³-hybridized carbons (Fsp3) is 0.185. The van der Waals surface area contributed by atoms with Crippen molar-refractivity contribution >= 4 is 74.8 Å². The fourth-order valence-electron chi connectivity index (χ4n) is 3.49. The first-order valence-corrected chi connectivity index (χ1v) is 14.0. The molecular formula is C27H22Cl2INO5S. The number of thioether (sulfide) groups is 1. The summed E-state index contributed by atoms with van der Waals surface area (Å²) in [4.78, 5) is 27.0. The number of benzene rings is 3. The van der Waals surface area contributed by atoms with Gasteiger partial charge in [-0.15, -0.1) is 0 Å². The van der Waals surface area contributed by atoms with E-state index in [4.69, 9.17) is 37.4 Å². The lowest BCUT2D eigenvalue weighted by atomic mass is 10.1. The topological polar surface area (TPSA) is 65.1 Å². The lowest BCUT2D eigenvalue weighted by molar-refractivity contribution is -0.123.